The number of nitrogens with one attached hydrogen (secondary N) is 1. The van der Waals surface area contributed by atoms with Crippen molar-refractivity contribution < 1.29 is 28.2 Å². The van der Waals surface area contributed by atoms with E-state index in [1.54, 1.807) is 24.3 Å². The lowest BCUT2D eigenvalue weighted by molar-refractivity contribution is -0.171. The van der Waals surface area contributed by atoms with Crippen LogP contribution in [0.25, 0.3) is 0 Å². The molecule has 162 valence electrons. The van der Waals surface area contributed by atoms with Crippen molar-refractivity contribution in [3.63, 3.8) is 0 Å². The van der Waals surface area contributed by atoms with Crippen molar-refractivity contribution in [3.8, 4) is 0 Å². The molecule has 0 aromatic heterocycles. The van der Waals surface area contributed by atoms with Gasteiger partial charge in [0.15, 0.2) is 8.03 Å². The second-order valence-corrected chi connectivity index (χ2v) is 8.83. The van der Waals surface area contributed by atoms with Gasteiger partial charge in [0.2, 0.25) is 6.29 Å². The first-order chi connectivity index (χ1) is 13.8. The van der Waals surface area contributed by atoms with Gasteiger partial charge < -0.3 is 19.3 Å². The smallest absolute Gasteiger partial charge is 0.410 e. The SMILES string of the molecule is CC(OC(=O)NC(CCO[PH](C)=O)c1ccc(Cl)cc1)OC(=O)C1CCCCC1. The van der Waals surface area contributed by atoms with Gasteiger partial charge in [-0.1, -0.05) is 43.0 Å². The third-order valence-electron chi connectivity index (χ3n) is 4.77. The molecular formula is C20H29ClNO6P. The predicted octanol–water partition coefficient (Wildman–Crippen LogP) is 5.09. The number of hydrogen-bond acceptors (Lipinski definition) is 6. The van der Waals surface area contributed by atoms with Crippen LogP contribution in [0.2, 0.25) is 5.02 Å². The molecule has 1 aromatic rings. The van der Waals surface area contributed by atoms with Gasteiger partial charge in [-0.25, -0.2) is 4.79 Å². The maximum absolute atomic E-state index is 12.3. The lowest BCUT2D eigenvalue weighted by Crippen LogP contribution is -2.34. The zero-order chi connectivity index (χ0) is 21.2. The van der Waals surface area contributed by atoms with Crippen LogP contribution in [0.3, 0.4) is 0 Å². The molecule has 0 aliphatic heterocycles. The maximum Gasteiger partial charge on any atom is 0.410 e. The summed E-state index contributed by atoms with van der Waals surface area (Å²) in [5, 5.41) is 3.32. The minimum Gasteiger partial charge on any atom is -0.425 e. The van der Waals surface area contributed by atoms with Gasteiger partial charge >= 0.3 is 12.1 Å². The van der Waals surface area contributed by atoms with Crippen LogP contribution >= 0.6 is 19.6 Å². The van der Waals surface area contributed by atoms with Gasteiger partial charge in [-0.15, -0.1) is 0 Å². The molecule has 3 atom stereocenters. The number of benzene rings is 1. The largest absolute Gasteiger partial charge is 0.425 e. The Hall–Kier alpha value is -1.56. The van der Waals surface area contributed by atoms with E-state index in [0.29, 0.717) is 11.4 Å². The summed E-state index contributed by atoms with van der Waals surface area (Å²) in [6.45, 7) is 3.24. The lowest BCUT2D eigenvalue weighted by Gasteiger charge is -2.23. The van der Waals surface area contributed by atoms with Crippen molar-refractivity contribution in [1.82, 2.24) is 5.32 Å². The van der Waals surface area contributed by atoms with Crippen molar-refractivity contribution in [3.05, 3.63) is 34.9 Å². The monoisotopic (exact) mass is 445 g/mol. The van der Waals surface area contributed by atoms with Gasteiger partial charge in [-0.2, -0.15) is 0 Å². The van der Waals surface area contributed by atoms with Gasteiger partial charge in [-0.3, -0.25) is 9.36 Å². The van der Waals surface area contributed by atoms with Crippen LogP contribution in [0.15, 0.2) is 24.3 Å². The van der Waals surface area contributed by atoms with E-state index >= 15 is 0 Å². The fourth-order valence-corrected chi connectivity index (χ4v) is 3.82. The van der Waals surface area contributed by atoms with Gasteiger partial charge in [-0.05, 0) is 37.0 Å². The molecule has 7 nitrogen and oxygen atoms in total. The highest BCUT2D eigenvalue weighted by atomic mass is 35.5. The first-order valence-corrected chi connectivity index (χ1v) is 12.1. The Morgan fingerprint density at radius 3 is 2.45 bits per heavy atom. The van der Waals surface area contributed by atoms with Gasteiger partial charge in [0, 0.05) is 18.6 Å². The van der Waals surface area contributed by atoms with Crippen molar-refractivity contribution in [2.75, 3.05) is 13.3 Å². The van der Waals surface area contributed by atoms with Gasteiger partial charge in [0.05, 0.1) is 18.6 Å². The van der Waals surface area contributed by atoms with E-state index in [-0.39, 0.29) is 18.5 Å². The minimum absolute atomic E-state index is 0.117. The molecule has 1 saturated carbocycles. The Balaban J connectivity index is 1.88. The summed E-state index contributed by atoms with van der Waals surface area (Å²) in [5.41, 5.74) is 0.803. The van der Waals surface area contributed by atoms with Crippen LogP contribution in [0.5, 0.6) is 0 Å². The zero-order valence-corrected chi connectivity index (χ0v) is 18.6. The van der Waals surface area contributed by atoms with E-state index in [9.17, 15) is 14.2 Å². The molecule has 1 N–H and O–H groups in total. The molecule has 1 amide bonds. The fraction of sp³-hybridized carbons (Fsp3) is 0.600. The van der Waals surface area contributed by atoms with E-state index in [2.05, 4.69) is 5.32 Å². The molecule has 0 bridgehead atoms. The number of amides is 1. The third-order valence-corrected chi connectivity index (χ3v) is 5.63. The Morgan fingerprint density at radius 2 is 1.83 bits per heavy atom. The summed E-state index contributed by atoms with van der Waals surface area (Å²) >= 11 is 5.93. The molecule has 0 saturated heterocycles. The van der Waals surface area contributed by atoms with E-state index in [4.69, 9.17) is 25.6 Å². The highest BCUT2D eigenvalue weighted by Gasteiger charge is 2.25. The van der Waals surface area contributed by atoms with E-state index in [1.807, 2.05) is 0 Å². The Morgan fingerprint density at radius 1 is 1.17 bits per heavy atom. The number of ether oxygens (including phenoxy) is 2. The van der Waals surface area contributed by atoms with Gasteiger partial charge in [0.1, 0.15) is 0 Å². The van der Waals surface area contributed by atoms with Gasteiger partial charge in [0.25, 0.3) is 0 Å². The molecule has 0 heterocycles. The van der Waals surface area contributed by atoms with Crippen molar-refractivity contribution in [2.24, 2.45) is 5.92 Å². The van der Waals surface area contributed by atoms with Crippen LogP contribution in [-0.4, -0.2) is 31.6 Å². The average Bonchev–Trinajstić information content (AvgIpc) is 2.68. The summed E-state index contributed by atoms with van der Waals surface area (Å²) in [6.07, 6.45) is 3.51. The van der Waals surface area contributed by atoms with Crippen LogP contribution in [-0.2, 0) is 23.4 Å². The third kappa shape index (κ3) is 8.77. The normalized spacial score (nSPS) is 17.8. The molecule has 1 aliphatic rings. The van der Waals surface area contributed by atoms with Crippen LogP contribution in [0, 0.1) is 5.92 Å². The summed E-state index contributed by atoms with van der Waals surface area (Å²) < 4.78 is 26.8. The molecule has 3 unspecified atom stereocenters. The molecular weight excluding hydrogens is 417 g/mol. The predicted molar refractivity (Wildman–Crippen MR) is 111 cm³/mol. The number of hydrogen-bond donors (Lipinski definition) is 1. The first-order valence-electron chi connectivity index (χ1n) is 9.91. The Kier molecular flexibility index (Phi) is 9.98. The molecule has 1 aromatic carbocycles. The zero-order valence-electron chi connectivity index (χ0n) is 16.8. The molecule has 29 heavy (non-hydrogen) atoms. The number of esters is 1. The summed E-state index contributed by atoms with van der Waals surface area (Å²) in [5.74, 6) is -0.435. The number of alkyl carbamates (subject to hydrolysis) is 1. The summed E-state index contributed by atoms with van der Waals surface area (Å²) in [4.78, 5) is 24.5. The fourth-order valence-electron chi connectivity index (χ4n) is 3.29. The van der Waals surface area contributed by atoms with Crippen molar-refractivity contribution in [1.29, 1.82) is 0 Å². The Bertz CT molecular complexity index is 693. The second kappa shape index (κ2) is 12.2. The number of carbonyl (C=O) groups is 2. The first kappa shape index (κ1) is 23.7. The average molecular weight is 446 g/mol. The topological polar surface area (TPSA) is 90.9 Å². The maximum atomic E-state index is 12.3. The summed E-state index contributed by atoms with van der Waals surface area (Å²) in [7, 11) is -2.06. The standard InChI is InChI=1S/C20H29ClNO6P/c1-14(27-19(23)16-6-4-3-5-7-16)28-20(24)22-18(12-13-26-29(2)25)15-8-10-17(21)11-9-15/h8-11,14,16,18,29H,3-7,12-13H2,1-2H3,(H,22,24). The number of halogens is 1. The second-order valence-electron chi connectivity index (χ2n) is 7.12. The van der Waals surface area contributed by atoms with Crippen LogP contribution in [0.4, 0.5) is 4.79 Å². The van der Waals surface area contributed by atoms with Crippen LogP contribution < -0.4 is 5.32 Å². The van der Waals surface area contributed by atoms with E-state index < -0.39 is 26.5 Å². The highest BCUT2D eigenvalue weighted by Crippen LogP contribution is 2.25. The molecule has 0 spiro atoms. The number of rotatable bonds is 9. The van der Waals surface area contributed by atoms with Crippen molar-refractivity contribution >= 4 is 31.7 Å². The van der Waals surface area contributed by atoms with E-state index in [1.165, 1.54) is 13.6 Å². The minimum atomic E-state index is -2.06. The van der Waals surface area contributed by atoms with Crippen molar-refractivity contribution in [2.45, 2.75) is 57.8 Å². The quantitative estimate of drug-likeness (QED) is 0.323. The molecule has 1 aliphatic carbocycles. The van der Waals surface area contributed by atoms with Crippen LogP contribution in [0.1, 0.15) is 57.1 Å². The molecule has 0 radical (unpaired) electrons. The number of carbonyl (C=O) groups excluding carboxylic acids is 2. The molecule has 2 rings (SSSR count). The van der Waals surface area contributed by atoms with E-state index in [0.717, 1.165) is 37.7 Å². The highest BCUT2D eigenvalue weighted by molar-refractivity contribution is 7.38. The molecule has 9 heteroatoms. The summed E-state index contributed by atoms with van der Waals surface area (Å²) in [6, 6.07) is 6.58. The lowest BCUT2D eigenvalue weighted by atomic mass is 9.89. The Labute approximate surface area is 177 Å². The molecule has 1 fully saturated rings.